The highest BCUT2D eigenvalue weighted by atomic mass is 32.2. The summed E-state index contributed by atoms with van der Waals surface area (Å²) >= 11 is 0. The van der Waals surface area contributed by atoms with Crippen LogP contribution >= 0.6 is 0 Å². The third kappa shape index (κ3) is 4.64. The topological polar surface area (TPSA) is 113 Å². The number of nitrogens with zero attached hydrogens (tertiary/aromatic N) is 1. The van der Waals surface area contributed by atoms with Crippen molar-refractivity contribution in [3.05, 3.63) is 29.3 Å². The maximum Gasteiger partial charge on any atom is 0.240 e. The predicted molar refractivity (Wildman–Crippen MR) is 74.1 cm³/mol. The van der Waals surface area contributed by atoms with Crippen molar-refractivity contribution in [1.29, 1.82) is 5.26 Å². The zero-order valence-electron chi connectivity index (χ0n) is 11.2. The van der Waals surface area contributed by atoms with Crippen LogP contribution in [0.3, 0.4) is 0 Å². The number of aryl methyl sites for hydroxylation is 1. The van der Waals surface area contributed by atoms with Crippen molar-refractivity contribution in [2.45, 2.75) is 31.1 Å². The van der Waals surface area contributed by atoms with Crippen molar-refractivity contribution >= 4 is 15.9 Å². The van der Waals surface area contributed by atoms with Crippen LogP contribution in [0.2, 0.25) is 0 Å². The largest absolute Gasteiger partial charge is 0.370 e. The molecule has 7 heteroatoms. The van der Waals surface area contributed by atoms with Gasteiger partial charge in [0.15, 0.2) is 0 Å². The fraction of sp³-hybridized carbons (Fsp3) is 0.385. The number of sulfonamides is 1. The number of benzene rings is 1. The molecule has 0 saturated carbocycles. The number of rotatable bonds is 7. The van der Waals surface area contributed by atoms with Gasteiger partial charge in [0.1, 0.15) is 0 Å². The van der Waals surface area contributed by atoms with Gasteiger partial charge in [-0.05, 0) is 43.5 Å². The molecule has 1 rings (SSSR count). The van der Waals surface area contributed by atoms with Crippen LogP contribution in [0, 0.1) is 18.3 Å². The molecule has 0 aliphatic carbocycles. The van der Waals surface area contributed by atoms with Gasteiger partial charge < -0.3 is 5.73 Å². The SMILES string of the molecule is Cc1cc(C#N)ccc1S(=O)(=O)NCCCCC(N)=O. The molecule has 0 atom stereocenters. The van der Waals surface area contributed by atoms with Crippen LogP contribution in [-0.2, 0) is 14.8 Å². The van der Waals surface area contributed by atoms with Crippen LogP contribution in [0.15, 0.2) is 23.1 Å². The lowest BCUT2D eigenvalue weighted by Gasteiger charge is -2.09. The van der Waals surface area contributed by atoms with Crippen LogP contribution in [0.5, 0.6) is 0 Å². The summed E-state index contributed by atoms with van der Waals surface area (Å²) < 4.78 is 26.6. The van der Waals surface area contributed by atoms with Gasteiger partial charge in [0.25, 0.3) is 0 Å². The summed E-state index contributed by atoms with van der Waals surface area (Å²) in [5.74, 6) is -0.393. The molecule has 3 N–H and O–H groups in total. The minimum absolute atomic E-state index is 0.159. The van der Waals surface area contributed by atoms with Crippen LogP contribution in [0.25, 0.3) is 0 Å². The third-order valence-corrected chi connectivity index (χ3v) is 4.36. The lowest BCUT2D eigenvalue weighted by Crippen LogP contribution is -2.25. The van der Waals surface area contributed by atoms with E-state index in [2.05, 4.69) is 4.72 Å². The number of carbonyl (C=O) groups is 1. The summed E-state index contributed by atoms with van der Waals surface area (Å²) in [5.41, 5.74) is 5.94. The molecule has 0 bridgehead atoms. The smallest absolute Gasteiger partial charge is 0.240 e. The summed E-state index contributed by atoms with van der Waals surface area (Å²) in [6.45, 7) is 1.89. The molecule has 0 radical (unpaired) electrons. The zero-order chi connectivity index (χ0) is 15.2. The number of primary amides is 1. The third-order valence-electron chi connectivity index (χ3n) is 2.74. The normalized spacial score (nSPS) is 11.0. The Morgan fingerprint density at radius 2 is 2.10 bits per heavy atom. The van der Waals surface area contributed by atoms with E-state index in [0.29, 0.717) is 24.0 Å². The first-order chi connectivity index (χ1) is 9.36. The van der Waals surface area contributed by atoms with E-state index in [1.807, 2.05) is 6.07 Å². The highest BCUT2D eigenvalue weighted by Crippen LogP contribution is 2.16. The Morgan fingerprint density at radius 3 is 2.65 bits per heavy atom. The Labute approximate surface area is 118 Å². The quantitative estimate of drug-likeness (QED) is 0.724. The highest BCUT2D eigenvalue weighted by molar-refractivity contribution is 7.89. The van der Waals surface area contributed by atoms with Gasteiger partial charge >= 0.3 is 0 Å². The molecule has 0 heterocycles. The lowest BCUT2D eigenvalue weighted by atomic mass is 10.2. The van der Waals surface area contributed by atoms with Crippen molar-refractivity contribution < 1.29 is 13.2 Å². The summed E-state index contributed by atoms with van der Waals surface area (Å²) in [6, 6.07) is 6.37. The monoisotopic (exact) mass is 295 g/mol. The first kappa shape index (κ1) is 16.1. The number of nitrogens with two attached hydrogens (primary N) is 1. The summed E-state index contributed by atoms with van der Waals surface area (Å²) in [7, 11) is -3.59. The van der Waals surface area contributed by atoms with Gasteiger partial charge in [-0.2, -0.15) is 5.26 Å². The van der Waals surface area contributed by atoms with E-state index in [1.165, 1.54) is 18.2 Å². The molecule has 0 aliphatic heterocycles. The molecule has 0 aliphatic rings. The number of carbonyl (C=O) groups excluding carboxylic acids is 1. The minimum Gasteiger partial charge on any atom is -0.370 e. The standard InChI is InChI=1S/C13H17N3O3S/c1-10-8-11(9-14)5-6-12(10)20(18,19)16-7-3-2-4-13(15)17/h5-6,8,16H,2-4,7H2,1H3,(H2,15,17). The molecule has 1 aromatic carbocycles. The average molecular weight is 295 g/mol. The summed E-state index contributed by atoms with van der Waals surface area (Å²) in [5, 5.41) is 8.75. The van der Waals surface area contributed by atoms with Crippen molar-refractivity contribution in [3.63, 3.8) is 0 Å². The van der Waals surface area contributed by atoms with E-state index in [0.717, 1.165) is 0 Å². The second-order valence-electron chi connectivity index (χ2n) is 4.41. The van der Waals surface area contributed by atoms with E-state index in [-0.39, 0.29) is 17.9 Å². The zero-order valence-corrected chi connectivity index (χ0v) is 12.0. The van der Waals surface area contributed by atoms with E-state index >= 15 is 0 Å². The Kier molecular flexibility index (Phi) is 5.67. The minimum atomic E-state index is -3.59. The number of nitrogens with one attached hydrogen (secondary N) is 1. The van der Waals surface area contributed by atoms with E-state index in [1.54, 1.807) is 6.92 Å². The molecule has 0 fully saturated rings. The Morgan fingerprint density at radius 1 is 1.40 bits per heavy atom. The van der Waals surface area contributed by atoms with Gasteiger partial charge in [-0.1, -0.05) is 0 Å². The predicted octanol–water partition coefficient (Wildman–Crippen LogP) is 0.801. The number of amides is 1. The van der Waals surface area contributed by atoms with E-state index in [9.17, 15) is 13.2 Å². The van der Waals surface area contributed by atoms with Gasteiger partial charge in [-0.15, -0.1) is 0 Å². The van der Waals surface area contributed by atoms with Crippen molar-refractivity contribution in [2.75, 3.05) is 6.54 Å². The second-order valence-corrected chi connectivity index (χ2v) is 6.15. The highest BCUT2D eigenvalue weighted by Gasteiger charge is 2.16. The number of unbranched alkanes of at least 4 members (excludes halogenated alkanes) is 1. The van der Waals surface area contributed by atoms with Crippen LogP contribution in [-0.4, -0.2) is 20.9 Å². The van der Waals surface area contributed by atoms with Crippen LogP contribution in [0.1, 0.15) is 30.4 Å². The van der Waals surface area contributed by atoms with Crippen LogP contribution in [0.4, 0.5) is 0 Å². The van der Waals surface area contributed by atoms with Crippen molar-refractivity contribution in [2.24, 2.45) is 5.73 Å². The fourth-order valence-electron chi connectivity index (χ4n) is 1.73. The van der Waals surface area contributed by atoms with Gasteiger partial charge in [0.2, 0.25) is 15.9 Å². The van der Waals surface area contributed by atoms with Crippen molar-refractivity contribution in [1.82, 2.24) is 4.72 Å². The molecule has 20 heavy (non-hydrogen) atoms. The summed E-state index contributed by atoms with van der Waals surface area (Å²) in [4.78, 5) is 10.7. The molecular formula is C13H17N3O3S. The molecule has 108 valence electrons. The Balaban J connectivity index is 2.65. The maximum atomic E-state index is 12.1. The number of hydrogen-bond acceptors (Lipinski definition) is 4. The Bertz CT molecular complexity index is 633. The van der Waals surface area contributed by atoms with Gasteiger partial charge in [0, 0.05) is 13.0 Å². The van der Waals surface area contributed by atoms with E-state index in [4.69, 9.17) is 11.0 Å². The van der Waals surface area contributed by atoms with Gasteiger partial charge in [0.05, 0.1) is 16.5 Å². The molecule has 6 nitrogen and oxygen atoms in total. The second kappa shape index (κ2) is 7.03. The van der Waals surface area contributed by atoms with E-state index < -0.39 is 15.9 Å². The first-order valence-corrected chi connectivity index (χ1v) is 7.64. The van der Waals surface area contributed by atoms with Gasteiger partial charge in [-0.25, -0.2) is 13.1 Å². The van der Waals surface area contributed by atoms with Crippen molar-refractivity contribution in [3.8, 4) is 6.07 Å². The first-order valence-electron chi connectivity index (χ1n) is 6.15. The molecule has 0 spiro atoms. The van der Waals surface area contributed by atoms with Crippen LogP contribution < -0.4 is 10.5 Å². The van der Waals surface area contributed by atoms with Gasteiger partial charge in [-0.3, -0.25) is 4.79 Å². The molecule has 0 unspecified atom stereocenters. The fourth-order valence-corrected chi connectivity index (χ4v) is 3.03. The Hall–Kier alpha value is -1.91. The molecule has 1 amide bonds. The average Bonchev–Trinajstić information content (AvgIpc) is 2.37. The number of hydrogen-bond donors (Lipinski definition) is 2. The molecular weight excluding hydrogens is 278 g/mol. The number of nitriles is 1. The molecule has 1 aromatic rings. The lowest BCUT2D eigenvalue weighted by molar-refractivity contribution is -0.118. The molecule has 0 saturated heterocycles. The maximum absolute atomic E-state index is 12.1. The molecule has 0 aromatic heterocycles. The summed E-state index contributed by atoms with van der Waals surface area (Å²) in [6.07, 6.45) is 1.33.